The van der Waals surface area contributed by atoms with Crippen molar-refractivity contribution in [1.29, 1.82) is 0 Å². The Morgan fingerprint density at radius 1 is 0.931 bits per heavy atom. The minimum absolute atomic E-state index is 0.0423. The van der Waals surface area contributed by atoms with Gasteiger partial charge in [-0.1, -0.05) is 24.3 Å². The summed E-state index contributed by atoms with van der Waals surface area (Å²) < 4.78 is 29.7. The molecule has 0 bridgehead atoms. The Morgan fingerprint density at radius 3 is 2.34 bits per heavy atom. The number of methoxy groups -OCH3 is 2. The second-order valence-electron chi connectivity index (χ2n) is 5.84. The Balaban J connectivity index is 2.18. The lowest BCUT2D eigenvalue weighted by Crippen LogP contribution is -2.27. The summed E-state index contributed by atoms with van der Waals surface area (Å²) in [6, 6.07) is 12.8. The van der Waals surface area contributed by atoms with Crippen molar-refractivity contribution in [1.82, 2.24) is 0 Å². The van der Waals surface area contributed by atoms with E-state index in [-0.39, 0.29) is 22.7 Å². The average molecular weight is 395 g/mol. The van der Waals surface area contributed by atoms with Gasteiger partial charge < -0.3 is 19.1 Å². The van der Waals surface area contributed by atoms with Crippen molar-refractivity contribution < 1.29 is 28.2 Å². The van der Waals surface area contributed by atoms with Gasteiger partial charge in [0.25, 0.3) is 0 Å². The van der Waals surface area contributed by atoms with E-state index in [9.17, 15) is 14.0 Å². The smallest absolute Gasteiger partial charge is 0.355 e. The number of para-hydroxylation sites is 1. The number of ether oxygens (including phenoxy) is 3. The average Bonchev–Trinajstić information content (AvgIpc) is 2.97. The first kappa shape index (κ1) is 19.9. The van der Waals surface area contributed by atoms with Crippen molar-refractivity contribution in [3.8, 4) is 11.5 Å². The largest absolute Gasteiger partial charge is 0.465 e. The molecular weight excluding hydrogens is 377 g/mol. The second-order valence-corrected chi connectivity index (χ2v) is 5.84. The second kappa shape index (κ2) is 8.88. The van der Waals surface area contributed by atoms with Crippen LogP contribution >= 0.6 is 0 Å². The third kappa shape index (κ3) is 4.35. The Morgan fingerprint density at radius 2 is 1.66 bits per heavy atom. The molecule has 0 N–H and O–H groups in total. The highest BCUT2D eigenvalue weighted by Gasteiger charge is 2.29. The van der Waals surface area contributed by atoms with Gasteiger partial charge in [0.1, 0.15) is 17.3 Å². The SMILES string of the molecule is COC(=O)C1=C(C(=O)OC)N(c2cc(F)ccc2Oc2ccccc2)C=CC=C1. The zero-order chi connectivity index (χ0) is 20.8. The molecule has 0 amide bonds. The molecule has 0 saturated carbocycles. The summed E-state index contributed by atoms with van der Waals surface area (Å²) in [5.74, 6) is -1.28. The van der Waals surface area contributed by atoms with Gasteiger partial charge in [-0.3, -0.25) is 0 Å². The van der Waals surface area contributed by atoms with Crippen molar-refractivity contribution in [2.24, 2.45) is 0 Å². The van der Waals surface area contributed by atoms with Crippen LogP contribution in [0.1, 0.15) is 0 Å². The highest BCUT2D eigenvalue weighted by atomic mass is 19.1. The van der Waals surface area contributed by atoms with Gasteiger partial charge in [-0.25, -0.2) is 14.0 Å². The summed E-state index contributed by atoms with van der Waals surface area (Å²) in [6.45, 7) is 0. The number of benzene rings is 2. The van der Waals surface area contributed by atoms with Crippen LogP contribution in [0.25, 0.3) is 0 Å². The topological polar surface area (TPSA) is 65.1 Å². The van der Waals surface area contributed by atoms with E-state index in [0.717, 1.165) is 0 Å². The number of hydrogen-bond acceptors (Lipinski definition) is 6. The zero-order valence-corrected chi connectivity index (χ0v) is 15.8. The zero-order valence-electron chi connectivity index (χ0n) is 15.8. The van der Waals surface area contributed by atoms with Gasteiger partial charge in [0.15, 0.2) is 5.75 Å². The number of nitrogens with zero attached hydrogens (tertiary/aromatic N) is 1. The molecule has 0 saturated heterocycles. The van der Waals surface area contributed by atoms with Gasteiger partial charge in [0, 0.05) is 12.3 Å². The predicted molar refractivity (Wildman–Crippen MR) is 105 cm³/mol. The van der Waals surface area contributed by atoms with Crippen LogP contribution < -0.4 is 9.64 Å². The maximum Gasteiger partial charge on any atom is 0.355 e. The van der Waals surface area contributed by atoms with E-state index in [4.69, 9.17) is 14.2 Å². The number of hydrogen-bond donors (Lipinski definition) is 0. The van der Waals surface area contributed by atoms with Crippen molar-refractivity contribution in [3.63, 3.8) is 0 Å². The van der Waals surface area contributed by atoms with Crippen LogP contribution in [0.2, 0.25) is 0 Å². The molecule has 0 fully saturated rings. The van der Waals surface area contributed by atoms with Crippen LogP contribution in [0, 0.1) is 5.82 Å². The van der Waals surface area contributed by atoms with Gasteiger partial charge in [-0.2, -0.15) is 0 Å². The maximum absolute atomic E-state index is 14.1. The molecule has 2 aromatic carbocycles. The van der Waals surface area contributed by atoms with Crippen molar-refractivity contribution in [2.75, 3.05) is 19.1 Å². The van der Waals surface area contributed by atoms with E-state index < -0.39 is 17.8 Å². The molecular formula is C22H18FNO5. The summed E-state index contributed by atoms with van der Waals surface area (Å²) in [6.07, 6.45) is 6.08. The molecule has 0 atom stereocenters. The number of anilines is 1. The normalized spacial score (nSPS) is 13.1. The minimum atomic E-state index is -0.795. The quantitative estimate of drug-likeness (QED) is 0.710. The standard InChI is InChI=1S/C22H18FNO5/c1-27-21(25)17-10-6-7-13-24(20(17)22(26)28-2)18-14-15(23)11-12-19(18)29-16-8-4-3-5-9-16/h3-14H,1-2H3. The molecule has 29 heavy (non-hydrogen) atoms. The van der Waals surface area contributed by atoms with Crippen molar-refractivity contribution >= 4 is 17.6 Å². The summed E-state index contributed by atoms with van der Waals surface area (Å²) in [7, 11) is 2.39. The van der Waals surface area contributed by atoms with Crippen molar-refractivity contribution in [3.05, 3.63) is 90.0 Å². The summed E-state index contributed by atoms with van der Waals surface area (Å²) in [5.41, 5.74) is 0.0303. The first-order valence-electron chi connectivity index (χ1n) is 8.62. The summed E-state index contributed by atoms with van der Waals surface area (Å²) >= 11 is 0. The van der Waals surface area contributed by atoms with Gasteiger partial charge in [-0.15, -0.1) is 0 Å². The molecule has 2 aromatic rings. The van der Waals surface area contributed by atoms with E-state index in [1.807, 2.05) is 6.07 Å². The van der Waals surface area contributed by atoms with E-state index >= 15 is 0 Å². The Kier molecular flexibility index (Phi) is 6.09. The van der Waals surface area contributed by atoms with Crippen LogP contribution in [-0.4, -0.2) is 26.2 Å². The summed E-state index contributed by atoms with van der Waals surface area (Å²) in [5, 5.41) is 0. The highest BCUT2D eigenvalue weighted by molar-refractivity contribution is 6.05. The van der Waals surface area contributed by atoms with Crippen LogP contribution in [0.5, 0.6) is 11.5 Å². The number of carbonyl (C=O) groups excluding carboxylic acids is 2. The van der Waals surface area contributed by atoms with E-state index in [2.05, 4.69) is 0 Å². The number of carbonyl (C=O) groups is 2. The molecule has 0 aromatic heterocycles. The van der Waals surface area contributed by atoms with Crippen LogP contribution in [-0.2, 0) is 19.1 Å². The molecule has 148 valence electrons. The van der Waals surface area contributed by atoms with Crippen LogP contribution in [0.3, 0.4) is 0 Å². The lowest BCUT2D eigenvalue weighted by atomic mass is 10.1. The number of rotatable bonds is 5. The molecule has 0 aliphatic carbocycles. The molecule has 1 heterocycles. The fourth-order valence-corrected chi connectivity index (χ4v) is 2.73. The highest BCUT2D eigenvalue weighted by Crippen LogP contribution is 2.37. The van der Waals surface area contributed by atoms with Gasteiger partial charge in [0.05, 0.1) is 25.5 Å². The minimum Gasteiger partial charge on any atom is -0.465 e. The lowest BCUT2D eigenvalue weighted by molar-refractivity contribution is -0.139. The van der Waals surface area contributed by atoms with Crippen LogP contribution in [0.15, 0.2) is 84.2 Å². The first-order valence-corrected chi connectivity index (χ1v) is 8.62. The fraction of sp³-hybridized carbons (Fsp3) is 0.0909. The third-order valence-corrected chi connectivity index (χ3v) is 4.04. The predicted octanol–water partition coefficient (Wildman–Crippen LogP) is 4.11. The molecule has 3 rings (SSSR count). The summed E-state index contributed by atoms with van der Waals surface area (Å²) in [4.78, 5) is 26.2. The lowest BCUT2D eigenvalue weighted by Gasteiger charge is -2.25. The fourth-order valence-electron chi connectivity index (χ4n) is 2.73. The maximum atomic E-state index is 14.1. The molecule has 1 aliphatic rings. The van der Waals surface area contributed by atoms with Crippen LogP contribution in [0.4, 0.5) is 10.1 Å². The Labute approximate surface area is 167 Å². The number of allylic oxidation sites excluding steroid dienone is 2. The third-order valence-electron chi connectivity index (χ3n) is 4.04. The molecule has 1 aliphatic heterocycles. The monoisotopic (exact) mass is 395 g/mol. The molecule has 6 nitrogen and oxygen atoms in total. The number of esters is 2. The van der Waals surface area contributed by atoms with E-state index in [0.29, 0.717) is 5.75 Å². The van der Waals surface area contributed by atoms with E-state index in [1.165, 1.54) is 49.6 Å². The first-order chi connectivity index (χ1) is 14.0. The van der Waals surface area contributed by atoms with Gasteiger partial charge >= 0.3 is 11.9 Å². The van der Waals surface area contributed by atoms with Gasteiger partial charge in [0.2, 0.25) is 0 Å². The molecule has 0 radical (unpaired) electrons. The Bertz CT molecular complexity index is 1010. The molecule has 0 unspecified atom stereocenters. The Hall–Kier alpha value is -3.87. The number of halogens is 1. The molecule has 0 spiro atoms. The molecule has 7 heteroatoms. The van der Waals surface area contributed by atoms with E-state index in [1.54, 1.807) is 36.4 Å². The van der Waals surface area contributed by atoms with Gasteiger partial charge in [-0.05, 0) is 36.4 Å². The van der Waals surface area contributed by atoms with Crippen molar-refractivity contribution in [2.45, 2.75) is 0 Å².